The monoisotopic (exact) mass is 388 g/mol. The summed E-state index contributed by atoms with van der Waals surface area (Å²) in [6.07, 6.45) is 0.538. The van der Waals surface area contributed by atoms with Crippen LogP contribution in [0.15, 0.2) is 65.6 Å². The van der Waals surface area contributed by atoms with E-state index in [0.29, 0.717) is 13.1 Å². The quantitative estimate of drug-likeness (QED) is 0.764. The Morgan fingerprint density at radius 3 is 2.11 bits per heavy atom. The zero-order valence-electron chi connectivity index (χ0n) is 15.6. The van der Waals surface area contributed by atoms with E-state index in [1.54, 1.807) is 37.3 Å². The van der Waals surface area contributed by atoms with Gasteiger partial charge in [0.05, 0.1) is 24.6 Å². The van der Waals surface area contributed by atoms with Gasteiger partial charge in [0, 0.05) is 18.4 Å². The summed E-state index contributed by atoms with van der Waals surface area (Å²) in [7, 11) is -3.83. The molecule has 0 spiro atoms. The lowest BCUT2D eigenvalue weighted by atomic mass is 9.95. The predicted molar refractivity (Wildman–Crippen MR) is 103 cm³/mol. The number of ether oxygens (including phenoxy) is 1. The Balaban J connectivity index is 1.85. The molecule has 2 aromatic rings. The number of hydrogen-bond donors (Lipinski definition) is 1. The fourth-order valence-corrected chi connectivity index (χ4v) is 5.73. The molecule has 0 aromatic heterocycles. The van der Waals surface area contributed by atoms with Crippen LogP contribution in [0.4, 0.5) is 0 Å². The maximum Gasteiger partial charge on any atom is 0.328 e. The Labute approximate surface area is 160 Å². The van der Waals surface area contributed by atoms with Crippen molar-refractivity contribution in [3.05, 3.63) is 66.2 Å². The van der Waals surface area contributed by atoms with Gasteiger partial charge in [0.15, 0.2) is 14.6 Å². The van der Waals surface area contributed by atoms with Crippen LogP contribution in [0.1, 0.15) is 25.3 Å². The van der Waals surface area contributed by atoms with Crippen LogP contribution in [0, 0.1) is 0 Å². The van der Waals surface area contributed by atoms with E-state index in [1.165, 1.54) is 10.5 Å². The van der Waals surface area contributed by atoms with Gasteiger partial charge in [-0.25, -0.2) is 8.42 Å². The van der Waals surface area contributed by atoms with Gasteiger partial charge in [-0.15, -0.1) is 0 Å². The highest BCUT2D eigenvalue weighted by Crippen LogP contribution is 2.34. The van der Waals surface area contributed by atoms with Gasteiger partial charge in [0.1, 0.15) is 6.54 Å². The third-order valence-electron chi connectivity index (χ3n) is 5.28. The van der Waals surface area contributed by atoms with Crippen LogP contribution in [-0.2, 0) is 25.9 Å². The topological polar surface area (TPSA) is 64.9 Å². The molecule has 3 rings (SSSR count). The van der Waals surface area contributed by atoms with E-state index in [0.717, 1.165) is 6.54 Å². The fraction of sp³-hybridized carbons (Fsp3) is 0.381. The molecule has 1 saturated heterocycles. The summed E-state index contributed by atoms with van der Waals surface area (Å²) in [5.74, 6) is -0.618. The smallest absolute Gasteiger partial charge is 0.328 e. The number of quaternary nitrogens is 1. The molecule has 1 N–H and O–H groups in total. The van der Waals surface area contributed by atoms with Crippen LogP contribution in [0.3, 0.4) is 0 Å². The molecule has 6 heteroatoms. The zero-order chi connectivity index (χ0) is 19.3. The van der Waals surface area contributed by atoms with Crippen molar-refractivity contribution >= 4 is 15.8 Å². The zero-order valence-corrected chi connectivity index (χ0v) is 16.4. The summed E-state index contributed by atoms with van der Waals surface area (Å²) in [5, 5.41) is 0. The molecule has 5 nitrogen and oxygen atoms in total. The molecule has 1 fully saturated rings. The average molecular weight is 389 g/mol. The standard InChI is InChI=1S/C21H25NO4S/c1-2-26-20(23)21(27(24,25)19-11-7-4-8-12-19)13-15-22(16-14-21)17-18-9-5-3-6-10-18/h3-12H,2,13-17H2,1H3/p+1. The molecule has 0 amide bonds. The summed E-state index contributed by atoms with van der Waals surface area (Å²) < 4.78 is 30.5. The summed E-state index contributed by atoms with van der Waals surface area (Å²) in [6, 6.07) is 18.4. The molecule has 0 unspecified atom stereocenters. The number of likely N-dealkylation sites (tertiary alicyclic amines) is 1. The Morgan fingerprint density at radius 1 is 1.00 bits per heavy atom. The normalized spacial score (nSPS) is 22.9. The first-order valence-corrected chi connectivity index (χ1v) is 10.8. The van der Waals surface area contributed by atoms with Crippen molar-refractivity contribution in [2.75, 3.05) is 19.7 Å². The number of hydrogen-bond acceptors (Lipinski definition) is 4. The van der Waals surface area contributed by atoms with Gasteiger partial charge in [-0.05, 0) is 19.1 Å². The van der Waals surface area contributed by atoms with E-state index in [9.17, 15) is 13.2 Å². The number of carbonyl (C=O) groups is 1. The van der Waals surface area contributed by atoms with Crippen LogP contribution in [0.25, 0.3) is 0 Å². The molecule has 0 radical (unpaired) electrons. The van der Waals surface area contributed by atoms with E-state index in [4.69, 9.17) is 4.74 Å². The molecule has 27 heavy (non-hydrogen) atoms. The van der Waals surface area contributed by atoms with Crippen molar-refractivity contribution in [3.8, 4) is 0 Å². The van der Waals surface area contributed by atoms with Gasteiger partial charge >= 0.3 is 5.97 Å². The number of benzene rings is 2. The molecule has 1 aliphatic heterocycles. The van der Waals surface area contributed by atoms with Crippen molar-refractivity contribution in [2.24, 2.45) is 0 Å². The van der Waals surface area contributed by atoms with Crippen molar-refractivity contribution in [1.82, 2.24) is 0 Å². The first kappa shape index (κ1) is 19.6. The lowest BCUT2D eigenvalue weighted by Crippen LogP contribution is -3.12. The second kappa shape index (κ2) is 8.23. The van der Waals surface area contributed by atoms with Gasteiger partial charge in [-0.1, -0.05) is 48.5 Å². The Hall–Kier alpha value is -2.18. The van der Waals surface area contributed by atoms with Crippen LogP contribution in [0.2, 0.25) is 0 Å². The van der Waals surface area contributed by atoms with Crippen LogP contribution in [0.5, 0.6) is 0 Å². The first-order valence-electron chi connectivity index (χ1n) is 9.34. The minimum absolute atomic E-state index is 0.172. The molecular formula is C21H26NO4S+. The summed E-state index contributed by atoms with van der Waals surface area (Å²) in [4.78, 5) is 14.3. The lowest BCUT2D eigenvalue weighted by molar-refractivity contribution is -0.918. The van der Waals surface area contributed by atoms with Crippen LogP contribution < -0.4 is 4.90 Å². The molecule has 0 saturated carbocycles. The molecule has 0 bridgehead atoms. The minimum Gasteiger partial charge on any atom is -0.465 e. The van der Waals surface area contributed by atoms with Crippen molar-refractivity contribution < 1.29 is 22.8 Å². The summed E-state index contributed by atoms with van der Waals surface area (Å²) in [6.45, 7) is 3.92. The van der Waals surface area contributed by atoms with Gasteiger partial charge in [0.2, 0.25) is 0 Å². The molecule has 1 aliphatic rings. The molecule has 2 aromatic carbocycles. The Bertz CT molecular complexity index is 858. The third-order valence-corrected chi connectivity index (χ3v) is 7.77. The minimum atomic E-state index is -3.83. The Morgan fingerprint density at radius 2 is 1.56 bits per heavy atom. The summed E-state index contributed by atoms with van der Waals surface area (Å²) >= 11 is 0. The number of piperidine rings is 1. The average Bonchev–Trinajstić information content (AvgIpc) is 2.70. The van der Waals surface area contributed by atoms with Crippen LogP contribution >= 0.6 is 0 Å². The number of nitrogens with one attached hydrogen (secondary N) is 1. The van der Waals surface area contributed by atoms with Crippen molar-refractivity contribution in [2.45, 2.75) is 36.0 Å². The molecule has 0 aliphatic carbocycles. The van der Waals surface area contributed by atoms with Crippen molar-refractivity contribution in [1.29, 1.82) is 0 Å². The SMILES string of the molecule is CCOC(=O)C1(S(=O)(=O)c2ccccc2)CC[NH+](Cc2ccccc2)CC1. The maximum atomic E-state index is 13.4. The van der Waals surface area contributed by atoms with Crippen LogP contribution in [-0.4, -0.2) is 38.8 Å². The van der Waals surface area contributed by atoms with E-state index in [1.807, 2.05) is 18.2 Å². The Kier molecular flexibility index (Phi) is 5.97. The van der Waals surface area contributed by atoms with Gasteiger partial charge in [0.25, 0.3) is 0 Å². The molecule has 0 atom stereocenters. The largest absolute Gasteiger partial charge is 0.465 e. The van der Waals surface area contributed by atoms with Gasteiger partial charge in [-0.3, -0.25) is 4.79 Å². The first-order chi connectivity index (χ1) is 13.0. The number of esters is 1. The molecule has 144 valence electrons. The third kappa shape index (κ3) is 3.92. The lowest BCUT2D eigenvalue weighted by Gasteiger charge is -2.37. The highest BCUT2D eigenvalue weighted by Gasteiger charge is 2.55. The highest BCUT2D eigenvalue weighted by molar-refractivity contribution is 7.93. The van der Waals surface area contributed by atoms with Gasteiger partial charge in [-0.2, -0.15) is 0 Å². The molecule has 1 heterocycles. The maximum absolute atomic E-state index is 13.4. The van der Waals surface area contributed by atoms with E-state index in [-0.39, 0.29) is 24.3 Å². The molecular weight excluding hydrogens is 362 g/mol. The second-order valence-corrected chi connectivity index (χ2v) is 9.20. The van der Waals surface area contributed by atoms with Gasteiger partial charge < -0.3 is 9.64 Å². The van der Waals surface area contributed by atoms with E-state index >= 15 is 0 Å². The van der Waals surface area contributed by atoms with Crippen molar-refractivity contribution in [3.63, 3.8) is 0 Å². The second-order valence-electron chi connectivity index (χ2n) is 6.94. The highest BCUT2D eigenvalue weighted by atomic mass is 32.2. The summed E-state index contributed by atoms with van der Waals surface area (Å²) in [5.41, 5.74) is 1.21. The number of rotatable bonds is 6. The predicted octanol–water partition coefficient (Wildman–Crippen LogP) is 1.64. The van der Waals surface area contributed by atoms with E-state index in [2.05, 4.69) is 12.1 Å². The number of sulfone groups is 1. The van der Waals surface area contributed by atoms with E-state index < -0.39 is 20.6 Å². The fourth-order valence-electron chi connectivity index (χ4n) is 3.74. The number of carbonyl (C=O) groups excluding carboxylic acids is 1.